The zero-order chi connectivity index (χ0) is 19.3. The molecule has 0 aliphatic heterocycles. The van der Waals surface area contributed by atoms with E-state index in [1.54, 1.807) is 0 Å². The van der Waals surface area contributed by atoms with Gasteiger partial charge in [-0.15, -0.1) is 0 Å². The normalized spacial score (nSPS) is 12.7. The lowest BCUT2D eigenvalue weighted by atomic mass is 10.0. The first kappa shape index (κ1) is 18.8. The van der Waals surface area contributed by atoms with E-state index in [4.69, 9.17) is 5.26 Å². The Morgan fingerprint density at radius 3 is 2.15 bits per heavy atom. The van der Waals surface area contributed by atoms with Gasteiger partial charge in [-0.25, -0.2) is 0 Å². The number of hydrogen-bond donors (Lipinski definition) is 3. The molecule has 10 nitrogen and oxygen atoms in total. The van der Waals surface area contributed by atoms with Crippen molar-refractivity contribution in [2.45, 2.75) is 12.1 Å². The molecule has 134 valence electrons. The maximum Gasteiger partial charge on any atom is 0.270 e. The van der Waals surface area contributed by atoms with E-state index in [1.165, 1.54) is 36.4 Å². The molecule has 0 spiro atoms. The Kier molecular flexibility index (Phi) is 5.79. The maximum absolute atomic E-state index is 10.8. The van der Waals surface area contributed by atoms with Gasteiger partial charge in [-0.05, 0) is 23.8 Å². The van der Waals surface area contributed by atoms with Crippen LogP contribution < -0.4 is 5.32 Å². The van der Waals surface area contributed by atoms with Crippen LogP contribution in [0.2, 0.25) is 0 Å². The molecule has 2 unspecified atom stereocenters. The van der Waals surface area contributed by atoms with Gasteiger partial charge in [0.2, 0.25) is 0 Å². The second-order valence-electron chi connectivity index (χ2n) is 5.33. The van der Waals surface area contributed by atoms with Gasteiger partial charge in [0.15, 0.2) is 0 Å². The molecule has 2 aromatic carbocycles. The highest BCUT2D eigenvalue weighted by molar-refractivity contribution is 5.62. The smallest absolute Gasteiger partial charge is 0.270 e. The SMILES string of the molecule is N#Cc1cc([N+](=O)[O-])ccc1NC(CO)C(O)c1ccc([N+](=O)[O-])cc1. The van der Waals surface area contributed by atoms with E-state index in [9.17, 15) is 30.4 Å². The number of anilines is 1. The van der Waals surface area contributed by atoms with Crippen molar-refractivity contribution in [3.8, 4) is 6.07 Å². The molecule has 10 heteroatoms. The van der Waals surface area contributed by atoms with Crippen LogP contribution in [0.1, 0.15) is 17.2 Å². The molecule has 0 aromatic heterocycles. The van der Waals surface area contributed by atoms with Crippen LogP contribution >= 0.6 is 0 Å². The monoisotopic (exact) mass is 358 g/mol. The highest BCUT2D eigenvalue weighted by Crippen LogP contribution is 2.26. The van der Waals surface area contributed by atoms with Crippen LogP contribution in [0.5, 0.6) is 0 Å². The van der Waals surface area contributed by atoms with Crippen LogP contribution in [0.25, 0.3) is 0 Å². The van der Waals surface area contributed by atoms with E-state index < -0.39 is 28.6 Å². The van der Waals surface area contributed by atoms with Gasteiger partial charge in [0.25, 0.3) is 11.4 Å². The average molecular weight is 358 g/mol. The zero-order valence-electron chi connectivity index (χ0n) is 13.3. The number of non-ortho nitro benzene ring substituents is 2. The summed E-state index contributed by atoms with van der Waals surface area (Å²) in [6.45, 7) is -0.514. The molecule has 0 saturated carbocycles. The second-order valence-corrected chi connectivity index (χ2v) is 5.33. The second kappa shape index (κ2) is 8.02. The van der Waals surface area contributed by atoms with Crippen molar-refractivity contribution in [1.29, 1.82) is 5.26 Å². The van der Waals surface area contributed by atoms with Crippen LogP contribution in [0.4, 0.5) is 17.1 Å². The number of nitriles is 1. The molecule has 3 N–H and O–H groups in total. The van der Waals surface area contributed by atoms with Crippen molar-refractivity contribution in [1.82, 2.24) is 0 Å². The minimum Gasteiger partial charge on any atom is -0.394 e. The fourth-order valence-corrected chi connectivity index (χ4v) is 2.31. The number of hydrogen-bond acceptors (Lipinski definition) is 8. The molecule has 0 bridgehead atoms. The van der Waals surface area contributed by atoms with E-state index in [-0.39, 0.29) is 22.6 Å². The number of benzene rings is 2. The van der Waals surface area contributed by atoms with Crippen molar-refractivity contribution >= 4 is 17.1 Å². The quantitative estimate of drug-likeness (QED) is 0.499. The molecule has 0 radical (unpaired) electrons. The molecule has 0 aliphatic rings. The number of nitrogens with one attached hydrogen (secondary N) is 1. The Morgan fingerprint density at radius 1 is 1.08 bits per heavy atom. The largest absolute Gasteiger partial charge is 0.394 e. The first-order valence-electron chi connectivity index (χ1n) is 7.35. The number of nitro benzene ring substituents is 2. The minimum atomic E-state index is -1.23. The molecular weight excluding hydrogens is 344 g/mol. The van der Waals surface area contributed by atoms with Gasteiger partial charge in [-0.3, -0.25) is 20.2 Å². The predicted molar refractivity (Wildman–Crippen MR) is 90.4 cm³/mol. The van der Waals surface area contributed by atoms with Gasteiger partial charge in [-0.2, -0.15) is 5.26 Å². The summed E-state index contributed by atoms with van der Waals surface area (Å²) < 4.78 is 0. The van der Waals surface area contributed by atoms with Crippen molar-refractivity contribution in [2.75, 3.05) is 11.9 Å². The van der Waals surface area contributed by atoms with Crippen LogP contribution in [0, 0.1) is 31.6 Å². The van der Waals surface area contributed by atoms with E-state index in [0.29, 0.717) is 5.56 Å². The molecular formula is C16H14N4O6. The number of rotatable bonds is 7. The predicted octanol–water partition coefficient (Wildman–Crippen LogP) is 1.88. The summed E-state index contributed by atoms with van der Waals surface area (Å²) in [7, 11) is 0. The van der Waals surface area contributed by atoms with Gasteiger partial charge in [-0.1, -0.05) is 0 Å². The lowest BCUT2D eigenvalue weighted by Crippen LogP contribution is -2.31. The molecule has 0 fully saturated rings. The number of nitrogens with zero attached hydrogens (tertiary/aromatic N) is 3. The Morgan fingerprint density at radius 2 is 1.65 bits per heavy atom. The summed E-state index contributed by atoms with van der Waals surface area (Å²) in [6.07, 6.45) is -1.23. The molecule has 2 atom stereocenters. The van der Waals surface area contributed by atoms with Gasteiger partial charge in [0, 0.05) is 24.3 Å². The van der Waals surface area contributed by atoms with E-state index in [0.717, 1.165) is 6.07 Å². The molecule has 2 rings (SSSR count). The first-order valence-corrected chi connectivity index (χ1v) is 7.35. The molecule has 0 aliphatic carbocycles. The van der Waals surface area contributed by atoms with Gasteiger partial charge in [0.05, 0.1) is 33.7 Å². The lowest BCUT2D eigenvalue weighted by Gasteiger charge is -2.24. The summed E-state index contributed by atoms with van der Waals surface area (Å²) in [5, 5.41) is 53.3. The van der Waals surface area contributed by atoms with Crippen molar-refractivity contribution in [3.63, 3.8) is 0 Å². The van der Waals surface area contributed by atoms with Crippen LogP contribution in [0.3, 0.4) is 0 Å². The lowest BCUT2D eigenvalue weighted by molar-refractivity contribution is -0.385. The van der Waals surface area contributed by atoms with Crippen molar-refractivity contribution < 1.29 is 20.1 Å². The minimum absolute atomic E-state index is 0.0199. The van der Waals surface area contributed by atoms with Crippen LogP contribution in [0.15, 0.2) is 42.5 Å². The van der Waals surface area contributed by atoms with E-state index in [2.05, 4.69) is 5.32 Å². The number of nitro groups is 2. The highest BCUT2D eigenvalue weighted by atomic mass is 16.6. The third-order valence-electron chi connectivity index (χ3n) is 3.70. The third-order valence-corrected chi connectivity index (χ3v) is 3.70. The van der Waals surface area contributed by atoms with E-state index in [1.807, 2.05) is 6.07 Å². The van der Waals surface area contributed by atoms with Gasteiger partial charge >= 0.3 is 0 Å². The molecule has 0 heterocycles. The van der Waals surface area contributed by atoms with E-state index >= 15 is 0 Å². The van der Waals surface area contributed by atoms with Crippen molar-refractivity contribution in [3.05, 3.63) is 73.8 Å². The molecule has 0 amide bonds. The first-order chi connectivity index (χ1) is 12.4. The topological polar surface area (TPSA) is 163 Å². The molecule has 0 saturated heterocycles. The third kappa shape index (κ3) is 4.10. The molecule has 2 aromatic rings. The summed E-state index contributed by atoms with van der Waals surface area (Å²) in [4.78, 5) is 20.2. The average Bonchev–Trinajstić information content (AvgIpc) is 2.65. The zero-order valence-corrected chi connectivity index (χ0v) is 13.3. The fraction of sp³-hybridized carbons (Fsp3) is 0.188. The highest BCUT2D eigenvalue weighted by Gasteiger charge is 2.22. The van der Waals surface area contributed by atoms with Crippen LogP contribution in [-0.4, -0.2) is 32.7 Å². The Balaban J connectivity index is 2.24. The van der Waals surface area contributed by atoms with Gasteiger partial charge in [0.1, 0.15) is 12.2 Å². The summed E-state index contributed by atoms with van der Waals surface area (Å²) in [6, 6.07) is 9.60. The van der Waals surface area contributed by atoms with Gasteiger partial charge < -0.3 is 15.5 Å². The van der Waals surface area contributed by atoms with Crippen molar-refractivity contribution in [2.24, 2.45) is 0 Å². The molecule has 26 heavy (non-hydrogen) atoms. The fourth-order valence-electron chi connectivity index (χ4n) is 2.31. The summed E-state index contributed by atoms with van der Waals surface area (Å²) in [5.74, 6) is 0. The maximum atomic E-state index is 10.8. The summed E-state index contributed by atoms with van der Waals surface area (Å²) >= 11 is 0. The summed E-state index contributed by atoms with van der Waals surface area (Å²) in [5.41, 5.74) is 0.106. The Hall–Kier alpha value is -3.55. The Bertz CT molecular complexity index is 862. The number of aliphatic hydroxyl groups is 2. The van der Waals surface area contributed by atoms with Crippen LogP contribution in [-0.2, 0) is 0 Å². The number of aliphatic hydroxyl groups excluding tert-OH is 2. The standard InChI is InChI=1S/C16H14N4O6/c17-8-11-7-13(20(25)26)5-6-14(11)18-15(9-21)16(22)10-1-3-12(4-2-10)19(23)24/h1-7,15-16,18,21-22H,9H2. The Labute approximate surface area is 147 Å².